The maximum atomic E-state index is 11.5. The van der Waals surface area contributed by atoms with Gasteiger partial charge in [-0.1, -0.05) is 32.9 Å². The number of hydrogen-bond donors (Lipinski definition) is 2. The van der Waals surface area contributed by atoms with Gasteiger partial charge in [-0.3, -0.25) is 4.79 Å². The van der Waals surface area contributed by atoms with Gasteiger partial charge >= 0.3 is 0 Å². The van der Waals surface area contributed by atoms with E-state index in [-0.39, 0.29) is 23.3 Å². The summed E-state index contributed by atoms with van der Waals surface area (Å²) < 4.78 is 5.62. The van der Waals surface area contributed by atoms with Crippen LogP contribution >= 0.6 is 0 Å². The molecule has 1 atom stereocenters. The molecule has 23 heavy (non-hydrogen) atoms. The molecule has 0 aliphatic heterocycles. The standard InChI is InChI=1S/C19H31NO3/c1-14(21)16-9-7-8-10-17(16)23-12-15(22)11-20-19(5,6)13-18(2,3)4/h7-10,15,20,22H,11-13H2,1-6H3. The number of β-amino-alcohol motifs (C(OH)–C–C–N with tert-alkyl or cyclic N) is 1. The lowest BCUT2D eigenvalue weighted by Gasteiger charge is -2.34. The number of benzene rings is 1. The second-order valence-corrected chi connectivity index (χ2v) is 8.02. The van der Waals surface area contributed by atoms with Crippen molar-refractivity contribution in [2.75, 3.05) is 13.2 Å². The third kappa shape index (κ3) is 7.62. The number of aliphatic hydroxyl groups is 1. The van der Waals surface area contributed by atoms with Crippen molar-refractivity contribution in [3.63, 3.8) is 0 Å². The minimum Gasteiger partial charge on any atom is -0.490 e. The molecule has 0 radical (unpaired) electrons. The number of Topliss-reactive ketones (excluding diaryl/α,β-unsaturated/α-hetero) is 1. The number of ether oxygens (including phenoxy) is 1. The smallest absolute Gasteiger partial charge is 0.163 e. The minimum atomic E-state index is -0.630. The van der Waals surface area contributed by atoms with Crippen LogP contribution < -0.4 is 10.1 Å². The van der Waals surface area contributed by atoms with Crippen molar-refractivity contribution in [2.24, 2.45) is 5.41 Å². The van der Waals surface area contributed by atoms with Crippen LogP contribution in [0.2, 0.25) is 0 Å². The third-order valence-corrected chi connectivity index (χ3v) is 3.49. The van der Waals surface area contributed by atoms with E-state index in [0.717, 1.165) is 6.42 Å². The number of rotatable bonds is 8. The molecule has 0 aromatic heterocycles. The molecule has 1 unspecified atom stereocenters. The van der Waals surface area contributed by atoms with Crippen LogP contribution in [-0.4, -0.2) is 35.7 Å². The Labute approximate surface area is 140 Å². The van der Waals surface area contributed by atoms with Crippen LogP contribution in [0.15, 0.2) is 24.3 Å². The maximum absolute atomic E-state index is 11.5. The Balaban J connectivity index is 2.49. The molecule has 0 saturated carbocycles. The number of aliphatic hydroxyl groups excluding tert-OH is 1. The zero-order chi connectivity index (χ0) is 17.7. The van der Waals surface area contributed by atoms with E-state index in [2.05, 4.69) is 39.9 Å². The average molecular weight is 321 g/mol. The highest BCUT2D eigenvalue weighted by Gasteiger charge is 2.25. The van der Waals surface area contributed by atoms with Crippen molar-refractivity contribution in [1.82, 2.24) is 5.32 Å². The van der Waals surface area contributed by atoms with Crippen LogP contribution in [0.3, 0.4) is 0 Å². The molecule has 0 aliphatic carbocycles. The highest BCUT2D eigenvalue weighted by Crippen LogP contribution is 2.26. The number of ketones is 1. The van der Waals surface area contributed by atoms with Gasteiger partial charge in [0.1, 0.15) is 18.5 Å². The van der Waals surface area contributed by atoms with Gasteiger partial charge in [0.15, 0.2) is 5.78 Å². The first kappa shape index (κ1) is 19.7. The van der Waals surface area contributed by atoms with Crippen LogP contribution in [0.4, 0.5) is 0 Å². The minimum absolute atomic E-state index is 0.0421. The summed E-state index contributed by atoms with van der Waals surface area (Å²) in [5, 5.41) is 13.5. The SMILES string of the molecule is CC(=O)c1ccccc1OCC(O)CNC(C)(C)CC(C)(C)C. The van der Waals surface area contributed by atoms with E-state index >= 15 is 0 Å². The summed E-state index contributed by atoms with van der Waals surface area (Å²) in [6, 6.07) is 7.10. The summed E-state index contributed by atoms with van der Waals surface area (Å²) in [5.74, 6) is 0.479. The molecule has 0 aliphatic rings. The molecule has 1 aromatic rings. The largest absolute Gasteiger partial charge is 0.490 e. The fourth-order valence-corrected chi connectivity index (χ4v) is 2.91. The lowest BCUT2D eigenvalue weighted by molar-refractivity contribution is 0.0915. The van der Waals surface area contributed by atoms with Gasteiger partial charge in [-0.25, -0.2) is 0 Å². The second kappa shape index (κ2) is 7.93. The Bertz CT molecular complexity index is 518. The van der Waals surface area contributed by atoms with Gasteiger partial charge < -0.3 is 15.2 Å². The summed E-state index contributed by atoms with van der Waals surface area (Å²) >= 11 is 0. The number of carbonyl (C=O) groups is 1. The molecule has 4 heteroatoms. The first-order chi connectivity index (χ1) is 10.5. The Morgan fingerprint density at radius 3 is 2.39 bits per heavy atom. The predicted molar refractivity (Wildman–Crippen MR) is 94.1 cm³/mol. The van der Waals surface area contributed by atoms with Crippen molar-refractivity contribution in [1.29, 1.82) is 0 Å². The van der Waals surface area contributed by atoms with Gasteiger partial charge in [-0.15, -0.1) is 0 Å². The highest BCUT2D eigenvalue weighted by molar-refractivity contribution is 5.96. The molecular formula is C19H31NO3. The first-order valence-electron chi connectivity index (χ1n) is 8.16. The van der Waals surface area contributed by atoms with E-state index in [1.807, 2.05) is 6.07 Å². The fourth-order valence-electron chi connectivity index (χ4n) is 2.91. The number of hydrogen-bond acceptors (Lipinski definition) is 4. The van der Waals surface area contributed by atoms with E-state index in [1.165, 1.54) is 6.92 Å². The highest BCUT2D eigenvalue weighted by atomic mass is 16.5. The zero-order valence-corrected chi connectivity index (χ0v) is 15.3. The Morgan fingerprint density at radius 1 is 1.22 bits per heavy atom. The van der Waals surface area contributed by atoms with Gasteiger partial charge in [0.05, 0.1) is 5.56 Å². The van der Waals surface area contributed by atoms with Crippen molar-refractivity contribution in [3.8, 4) is 5.75 Å². The molecule has 1 rings (SSSR count). The number of carbonyl (C=O) groups excluding carboxylic acids is 1. The van der Waals surface area contributed by atoms with E-state index < -0.39 is 6.10 Å². The Kier molecular flexibility index (Phi) is 6.78. The number of nitrogens with one attached hydrogen (secondary N) is 1. The summed E-state index contributed by atoms with van der Waals surface area (Å²) in [6.07, 6.45) is 0.370. The molecule has 130 valence electrons. The van der Waals surface area contributed by atoms with Gasteiger partial charge in [0.25, 0.3) is 0 Å². The predicted octanol–water partition coefficient (Wildman–Crippen LogP) is 3.43. The molecule has 0 amide bonds. The van der Waals surface area contributed by atoms with E-state index in [0.29, 0.717) is 17.9 Å². The van der Waals surface area contributed by atoms with Crippen molar-refractivity contribution in [3.05, 3.63) is 29.8 Å². The molecule has 1 aromatic carbocycles. The Hall–Kier alpha value is -1.39. The Morgan fingerprint density at radius 2 is 1.83 bits per heavy atom. The van der Waals surface area contributed by atoms with Crippen LogP contribution in [-0.2, 0) is 0 Å². The third-order valence-electron chi connectivity index (χ3n) is 3.49. The molecular weight excluding hydrogens is 290 g/mol. The normalized spacial score (nSPS) is 13.7. The van der Waals surface area contributed by atoms with Crippen LogP contribution in [0, 0.1) is 5.41 Å². The van der Waals surface area contributed by atoms with Gasteiger partial charge in [-0.2, -0.15) is 0 Å². The molecule has 2 N–H and O–H groups in total. The molecule has 0 heterocycles. The fraction of sp³-hybridized carbons (Fsp3) is 0.632. The first-order valence-corrected chi connectivity index (χ1v) is 8.16. The number of para-hydroxylation sites is 1. The second-order valence-electron chi connectivity index (χ2n) is 8.02. The summed E-state index contributed by atoms with van der Waals surface area (Å²) in [7, 11) is 0. The van der Waals surface area contributed by atoms with E-state index in [9.17, 15) is 9.90 Å². The zero-order valence-electron chi connectivity index (χ0n) is 15.3. The molecule has 0 saturated heterocycles. The van der Waals surface area contributed by atoms with Gasteiger partial charge in [0, 0.05) is 12.1 Å². The van der Waals surface area contributed by atoms with Crippen LogP contribution in [0.1, 0.15) is 58.3 Å². The summed E-state index contributed by atoms with van der Waals surface area (Å²) in [4.78, 5) is 11.5. The van der Waals surface area contributed by atoms with Crippen LogP contribution in [0.5, 0.6) is 5.75 Å². The molecule has 0 fully saturated rings. The summed E-state index contributed by atoms with van der Waals surface area (Å²) in [6.45, 7) is 13.0. The molecule has 4 nitrogen and oxygen atoms in total. The van der Waals surface area contributed by atoms with Gasteiger partial charge in [-0.05, 0) is 44.7 Å². The monoisotopic (exact) mass is 321 g/mol. The maximum Gasteiger partial charge on any atom is 0.163 e. The molecule has 0 spiro atoms. The quantitative estimate of drug-likeness (QED) is 0.720. The average Bonchev–Trinajstić information content (AvgIpc) is 2.40. The van der Waals surface area contributed by atoms with Gasteiger partial charge in [0.2, 0.25) is 0 Å². The van der Waals surface area contributed by atoms with Crippen LogP contribution in [0.25, 0.3) is 0 Å². The molecule has 0 bridgehead atoms. The lowest BCUT2D eigenvalue weighted by Crippen LogP contribution is -2.46. The van der Waals surface area contributed by atoms with Crippen molar-refractivity contribution in [2.45, 2.75) is 59.6 Å². The topological polar surface area (TPSA) is 58.6 Å². The lowest BCUT2D eigenvalue weighted by atomic mass is 9.82. The van der Waals surface area contributed by atoms with Crippen molar-refractivity contribution >= 4 is 5.78 Å². The van der Waals surface area contributed by atoms with Crippen molar-refractivity contribution < 1.29 is 14.6 Å². The van der Waals surface area contributed by atoms with E-state index in [1.54, 1.807) is 18.2 Å². The summed E-state index contributed by atoms with van der Waals surface area (Å²) in [5.41, 5.74) is 0.704. The van der Waals surface area contributed by atoms with E-state index in [4.69, 9.17) is 4.74 Å².